The molecule has 0 spiro atoms. The fraction of sp³-hybridized carbons (Fsp3) is 0.100. The van der Waals surface area contributed by atoms with Crippen LogP contribution in [0.4, 0.5) is 5.13 Å². The van der Waals surface area contributed by atoms with Crippen molar-refractivity contribution in [1.29, 1.82) is 0 Å². The second-order valence-corrected chi connectivity index (χ2v) is 8.89. The Labute approximate surface area is 186 Å². The van der Waals surface area contributed by atoms with Crippen LogP contribution in [0.1, 0.15) is 4.88 Å². The van der Waals surface area contributed by atoms with E-state index in [1.807, 2.05) is 49.4 Å². The largest absolute Gasteiger partial charge is 0.335 e. The zero-order valence-electron chi connectivity index (χ0n) is 15.9. The number of nitrogens with zero attached hydrogens (tertiary/aromatic N) is 4. The van der Waals surface area contributed by atoms with E-state index in [-0.39, 0.29) is 11.7 Å². The topological polar surface area (TPSA) is 98.7 Å². The van der Waals surface area contributed by atoms with Gasteiger partial charge in [0.2, 0.25) is 11.1 Å². The third-order valence-electron chi connectivity index (χ3n) is 4.19. The monoisotopic (exact) mass is 456 g/mol. The Morgan fingerprint density at radius 2 is 1.87 bits per heavy atom. The molecular weight excluding hydrogens is 440 g/mol. The van der Waals surface area contributed by atoms with Crippen LogP contribution >= 0.6 is 34.7 Å². The summed E-state index contributed by atoms with van der Waals surface area (Å²) >= 11 is 8.56. The summed E-state index contributed by atoms with van der Waals surface area (Å²) in [6.07, 6.45) is 0. The lowest BCUT2D eigenvalue weighted by Gasteiger charge is -2.04. The number of amides is 1. The van der Waals surface area contributed by atoms with Crippen LogP contribution in [-0.2, 0) is 4.79 Å². The first kappa shape index (κ1) is 20.4. The maximum absolute atomic E-state index is 12.4. The highest BCUT2D eigenvalue weighted by Gasteiger charge is 2.16. The highest BCUT2D eigenvalue weighted by Crippen LogP contribution is 2.30. The van der Waals surface area contributed by atoms with Crippen LogP contribution in [0.2, 0.25) is 5.02 Å². The summed E-state index contributed by atoms with van der Waals surface area (Å²) in [6, 6.07) is 17.0. The number of carbonyl (C=O) groups is 1. The van der Waals surface area contributed by atoms with Crippen molar-refractivity contribution in [2.24, 2.45) is 0 Å². The van der Waals surface area contributed by atoms with Crippen molar-refractivity contribution in [2.75, 3.05) is 16.9 Å². The van der Waals surface area contributed by atoms with Gasteiger partial charge in [0.05, 0.1) is 11.4 Å². The number of benzene rings is 2. The minimum Gasteiger partial charge on any atom is -0.335 e. The van der Waals surface area contributed by atoms with Crippen molar-refractivity contribution in [3.05, 3.63) is 64.5 Å². The number of halogens is 1. The first-order valence-corrected chi connectivity index (χ1v) is 11.1. The average molecular weight is 457 g/mol. The van der Waals surface area contributed by atoms with Gasteiger partial charge >= 0.3 is 0 Å². The normalized spacial score (nSPS) is 10.9. The first-order valence-electron chi connectivity index (χ1n) is 8.93. The molecule has 0 saturated heterocycles. The molecule has 0 fully saturated rings. The van der Waals surface area contributed by atoms with E-state index in [2.05, 4.69) is 20.5 Å². The number of carbonyl (C=O) groups excluding carboxylic acids is 1. The molecule has 152 valence electrons. The van der Waals surface area contributed by atoms with Gasteiger partial charge in [-0.2, -0.15) is 0 Å². The van der Waals surface area contributed by atoms with Crippen LogP contribution in [0, 0.1) is 6.92 Å². The van der Waals surface area contributed by atoms with E-state index < -0.39 is 0 Å². The Morgan fingerprint density at radius 1 is 1.13 bits per heavy atom. The van der Waals surface area contributed by atoms with Crippen LogP contribution in [0.25, 0.3) is 22.6 Å². The number of aryl methyl sites for hydroxylation is 1. The highest BCUT2D eigenvalue weighted by atomic mass is 35.5. The Morgan fingerprint density at radius 3 is 2.60 bits per heavy atom. The van der Waals surface area contributed by atoms with Gasteiger partial charge in [-0.1, -0.05) is 53.7 Å². The molecule has 2 heterocycles. The van der Waals surface area contributed by atoms with E-state index in [1.165, 1.54) is 27.8 Å². The van der Waals surface area contributed by atoms with E-state index in [0.29, 0.717) is 21.1 Å². The zero-order valence-corrected chi connectivity index (χ0v) is 18.3. The number of thiazole rings is 1. The number of hydrogen-bond donors (Lipinski definition) is 2. The van der Waals surface area contributed by atoms with Crippen molar-refractivity contribution < 1.29 is 4.79 Å². The summed E-state index contributed by atoms with van der Waals surface area (Å²) in [5.41, 5.74) is 2.68. The summed E-state index contributed by atoms with van der Waals surface area (Å²) in [7, 11) is 0. The van der Waals surface area contributed by atoms with Gasteiger partial charge in [0, 0.05) is 21.0 Å². The van der Waals surface area contributed by atoms with Gasteiger partial charge in [0.15, 0.2) is 11.0 Å². The number of anilines is 1. The Bertz CT molecular complexity index is 1170. The van der Waals surface area contributed by atoms with Gasteiger partial charge < -0.3 is 11.2 Å². The van der Waals surface area contributed by atoms with Gasteiger partial charge in [0.1, 0.15) is 0 Å². The summed E-state index contributed by atoms with van der Waals surface area (Å²) in [5.74, 6) is 6.54. The number of nitrogen functional groups attached to an aromatic ring is 1. The second-order valence-electron chi connectivity index (χ2n) is 6.31. The second kappa shape index (κ2) is 8.86. The summed E-state index contributed by atoms with van der Waals surface area (Å²) in [4.78, 5) is 18.0. The van der Waals surface area contributed by atoms with Crippen LogP contribution in [0.5, 0.6) is 0 Å². The Balaban J connectivity index is 1.40. The van der Waals surface area contributed by atoms with E-state index in [0.717, 1.165) is 21.7 Å². The molecule has 0 saturated carbocycles. The minimum absolute atomic E-state index is 0.134. The molecule has 2 aromatic carbocycles. The predicted molar refractivity (Wildman–Crippen MR) is 122 cm³/mol. The van der Waals surface area contributed by atoms with Gasteiger partial charge in [-0.15, -0.1) is 21.5 Å². The number of thioether (sulfide) groups is 1. The maximum atomic E-state index is 12.4. The van der Waals surface area contributed by atoms with Gasteiger partial charge in [-0.3, -0.25) is 4.79 Å². The number of nitrogens with two attached hydrogens (primary N) is 1. The van der Waals surface area contributed by atoms with E-state index >= 15 is 0 Å². The number of rotatable bonds is 6. The molecule has 0 aliphatic heterocycles. The fourth-order valence-electron chi connectivity index (χ4n) is 2.77. The Kier molecular flexibility index (Phi) is 6.03. The molecular formula is C20H17ClN6OS2. The van der Waals surface area contributed by atoms with Crippen molar-refractivity contribution >= 4 is 45.7 Å². The van der Waals surface area contributed by atoms with Gasteiger partial charge in [0.25, 0.3) is 0 Å². The quantitative estimate of drug-likeness (QED) is 0.328. The van der Waals surface area contributed by atoms with Crippen LogP contribution < -0.4 is 11.2 Å². The van der Waals surface area contributed by atoms with Crippen LogP contribution in [-0.4, -0.2) is 31.5 Å². The van der Waals surface area contributed by atoms with E-state index in [4.69, 9.17) is 17.4 Å². The molecule has 4 aromatic rings. The molecule has 0 aliphatic rings. The molecule has 2 aromatic heterocycles. The molecule has 0 bridgehead atoms. The minimum atomic E-state index is -0.190. The maximum Gasteiger partial charge on any atom is 0.236 e. The van der Waals surface area contributed by atoms with E-state index in [9.17, 15) is 4.79 Å². The molecule has 0 atom stereocenters. The number of nitrogens with one attached hydrogen (secondary N) is 1. The number of hydrogen-bond acceptors (Lipinski definition) is 7. The summed E-state index contributed by atoms with van der Waals surface area (Å²) in [6.45, 7) is 1.99. The molecule has 4 rings (SSSR count). The third-order valence-corrected chi connectivity index (χ3v) is 6.27. The van der Waals surface area contributed by atoms with E-state index in [1.54, 1.807) is 12.1 Å². The molecule has 1 amide bonds. The standard InChI is InChI=1S/C20H17ClN6OS2/c1-12-17(13-5-3-2-4-6-13)24-19(30-12)23-16(28)11-29-20-26-25-18(27(20)22)14-7-9-15(21)10-8-14/h2-10H,11,22H2,1H3,(H,23,24,28). The number of aromatic nitrogens is 4. The molecule has 0 unspecified atom stereocenters. The molecule has 0 aliphatic carbocycles. The van der Waals surface area contributed by atoms with Crippen molar-refractivity contribution in [2.45, 2.75) is 12.1 Å². The van der Waals surface area contributed by atoms with Crippen LogP contribution in [0.15, 0.2) is 59.8 Å². The third kappa shape index (κ3) is 4.48. The molecule has 0 radical (unpaired) electrons. The SMILES string of the molecule is Cc1sc(NC(=O)CSc2nnc(-c3ccc(Cl)cc3)n2N)nc1-c1ccccc1. The molecule has 3 N–H and O–H groups in total. The lowest BCUT2D eigenvalue weighted by Crippen LogP contribution is -2.16. The van der Waals surface area contributed by atoms with Crippen LogP contribution in [0.3, 0.4) is 0 Å². The van der Waals surface area contributed by atoms with Crippen molar-refractivity contribution in [3.8, 4) is 22.6 Å². The van der Waals surface area contributed by atoms with Crippen molar-refractivity contribution in [3.63, 3.8) is 0 Å². The average Bonchev–Trinajstić information content (AvgIpc) is 3.30. The Hall–Kier alpha value is -2.88. The smallest absolute Gasteiger partial charge is 0.236 e. The first-order chi connectivity index (χ1) is 14.5. The molecule has 10 heteroatoms. The lowest BCUT2D eigenvalue weighted by atomic mass is 10.1. The predicted octanol–water partition coefficient (Wildman–Crippen LogP) is 4.48. The van der Waals surface area contributed by atoms with Crippen molar-refractivity contribution in [1.82, 2.24) is 19.9 Å². The summed E-state index contributed by atoms with van der Waals surface area (Å²) in [5, 5.41) is 12.7. The zero-order chi connectivity index (χ0) is 21.1. The summed E-state index contributed by atoms with van der Waals surface area (Å²) < 4.78 is 1.36. The lowest BCUT2D eigenvalue weighted by molar-refractivity contribution is -0.113. The fourth-order valence-corrected chi connectivity index (χ4v) is 4.40. The van der Waals surface area contributed by atoms with Gasteiger partial charge in [-0.25, -0.2) is 9.66 Å². The van der Waals surface area contributed by atoms with Gasteiger partial charge in [-0.05, 0) is 31.2 Å². The molecule has 30 heavy (non-hydrogen) atoms. The highest BCUT2D eigenvalue weighted by molar-refractivity contribution is 7.99. The molecule has 7 nitrogen and oxygen atoms in total.